The van der Waals surface area contributed by atoms with Gasteiger partial charge < -0.3 is 4.74 Å². The topological polar surface area (TPSA) is 60.4 Å². The van der Waals surface area contributed by atoms with Crippen LogP contribution < -0.4 is 0 Å². The lowest BCUT2D eigenvalue weighted by molar-refractivity contribution is -0.139. The van der Waals surface area contributed by atoms with Crippen LogP contribution in [0.25, 0.3) is 0 Å². The molecule has 0 atom stereocenters. The van der Waals surface area contributed by atoms with Crippen LogP contribution in [0.5, 0.6) is 0 Å². The monoisotopic (exact) mass is 318 g/mol. The molecule has 0 spiro atoms. The first-order valence-electron chi connectivity index (χ1n) is 7.09. The SMILES string of the molecule is C=C(C)C(=O)OCCCCCCCCCC(P=O)P=O. The van der Waals surface area contributed by atoms with Crippen molar-refractivity contribution in [2.45, 2.75) is 63.7 Å². The van der Waals surface area contributed by atoms with Gasteiger partial charge in [-0.05, 0) is 19.8 Å². The van der Waals surface area contributed by atoms with Crippen molar-refractivity contribution in [3.63, 3.8) is 0 Å². The highest BCUT2D eigenvalue weighted by atomic mass is 31.1. The molecule has 0 saturated heterocycles. The number of rotatable bonds is 13. The van der Waals surface area contributed by atoms with Crippen molar-refractivity contribution in [2.24, 2.45) is 0 Å². The van der Waals surface area contributed by atoms with Gasteiger partial charge in [-0.15, -0.1) is 0 Å². The van der Waals surface area contributed by atoms with Gasteiger partial charge in [0.25, 0.3) is 0 Å². The van der Waals surface area contributed by atoms with Crippen LogP contribution in [-0.4, -0.2) is 18.0 Å². The van der Waals surface area contributed by atoms with Gasteiger partial charge in [-0.3, -0.25) is 9.13 Å². The summed E-state index contributed by atoms with van der Waals surface area (Å²) in [6.07, 6.45) is 8.21. The molecule has 0 aromatic rings. The van der Waals surface area contributed by atoms with Gasteiger partial charge in [-0.25, -0.2) is 4.79 Å². The maximum absolute atomic E-state index is 11.1. The van der Waals surface area contributed by atoms with E-state index in [1.165, 1.54) is 0 Å². The van der Waals surface area contributed by atoms with E-state index in [4.69, 9.17) is 4.74 Å². The minimum absolute atomic E-state index is 0.0184. The Bertz CT molecular complexity index is 310. The molecule has 0 aliphatic rings. The molecule has 0 radical (unpaired) electrons. The van der Waals surface area contributed by atoms with Crippen LogP contribution in [0, 0.1) is 0 Å². The van der Waals surface area contributed by atoms with E-state index in [0.29, 0.717) is 12.2 Å². The van der Waals surface area contributed by atoms with Crippen LogP contribution in [0.2, 0.25) is 0 Å². The molecule has 114 valence electrons. The van der Waals surface area contributed by atoms with Gasteiger partial charge in [0.2, 0.25) is 0 Å². The van der Waals surface area contributed by atoms with Gasteiger partial charge in [0.1, 0.15) is 5.40 Å². The fourth-order valence-corrected chi connectivity index (χ4v) is 2.46. The van der Waals surface area contributed by atoms with Crippen molar-refractivity contribution >= 4 is 22.9 Å². The highest BCUT2D eigenvalue weighted by molar-refractivity contribution is 7.44. The van der Waals surface area contributed by atoms with E-state index in [1.54, 1.807) is 6.92 Å². The van der Waals surface area contributed by atoms with Crippen molar-refractivity contribution in [1.82, 2.24) is 0 Å². The van der Waals surface area contributed by atoms with E-state index in [-0.39, 0.29) is 28.3 Å². The summed E-state index contributed by atoms with van der Waals surface area (Å²) >= 11 is 0. The normalized spacial score (nSPS) is 12.4. The quantitative estimate of drug-likeness (QED) is 0.204. The molecule has 20 heavy (non-hydrogen) atoms. The average molecular weight is 318 g/mol. The molecule has 0 bridgehead atoms. The van der Waals surface area contributed by atoms with E-state index in [2.05, 4.69) is 6.58 Å². The van der Waals surface area contributed by atoms with E-state index in [1.807, 2.05) is 0 Å². The van der Waals surface area contributed by atoms with Crippen LogP contribution in [0.15, 0.2) is 12.2 Å². The highest BCUT2D eigenvalue weighted by Crippen LogP contribution is 2.25. The van der Waals surface area contributed by atoms with E-state index in [9.17, 15) is 13.9 Å². The molecule has 0 saturated carbocycles. The Hall–Kier alpha value is -0.590. The molecule has 0 aliphatic carbocycles. The Morgan fingerprint density at radius 1 is 1.00 bits per heavy atom. The van der Waals surface area contributed by atoms with Crippen LogP contribution in [0.1, 0.15) is 58.3 Å². The molecule has 0 amide bonds. The number of carbonyl (C=O) groups excluding carboxylic acids is 1. The van der Waals surface area contributed by atoms with E-state index < -0.39 is 0 Å². The lowest BCUT2D eigenvalue weighted by atomic mass is 10.1. The van der Waals surface area contributed by atoms with Gasteiger partial charge in [0.15, 0.2) is 16.9 Å². The number of esters is 1. The van der Waals surface area contributed by atoms with E-state index >= 15 is 0 Å². The summed E-state index contributed by atoms with van der Waals surface area (Å²) in [5.41, 5.74) is 0.443. The molecule has 0 aliphatic heterocycles. The minimum Gasteiger partial charge on any atom is -0.462 e. The number of carbonyl (C=O) groups is 1. The summed E-state index contributed by atoms with van der Waals surface area (Å²) < 4.78 is 26.1. The fraction of sp³-hybridized carbons (Fsp3) is 0.786. The molecular weight excluding hydrogens is 294 g/mol. The molecule has 0 rings (SSSR count). The molecule has 0 aromatic carbocycles. The van der Waals surface area contributed by atoms with Crippen LogP contribution in [0.4, 0.5) is 0 Å². The van der Waals surface area contributed by atoms with Crippen LogP contribution in [-0.2, 0) is 18.7 Å². The summed E-state index contributed by atoms with van der Waals surface area (Å²) in [5, 5.41) is -0.224. The molecule has 0 unspecified atom stereocenters. The number of ether oxygens (including phenoxy) is 1. The van der Waals surface area contributed by atoms with Gasteiger partial charge >= 0.3 is 5.97 Å². The minimum atomic E-state index is -0.310. The maximum Gasteiger partial charge on any atom is 0.333 e. The zero-order chi connectivity index (χ0) is 15.2. The summed E-state index contributed by atoms with van der Waals surface area (Å²) in [5.74, 6) is -0.310. The maximum atomic E-state index is 11.1. The standard InChI is InChI=1S/C14H24O4P2/c1-12(2)14(15)18-11-9-7-5-3-4-6-8-10-13(19-16)20-17/h13H,1,3-11H2,2H3. The summed E-state index contributed by atoms with van der Waals surface area (Å²) in [6.45, 7) is 5.64. The Kier molecular flexibility index (Phi) is 13.0. The van der Waals surface area contributed by atoms with Crippen molar-refractivity contribution in [2.75, 3.05) is 6.61 Å². The van der Waals surface area contributed by atoms with E-state index in [0.717, 1.165) is 51.4 Å². The fourth-order valence-electron chi connectivity index (χ4n) is 1.73. The Labute approximate surface area is 124 Å². The lowest BCUT2D eigenvalue weighted by Crippen LogP contribution is -2.05. The van der Waals surface area contributed by atoms with Crippen LogP contribution in [0.3, 0.4) is 0 Å². The zero-order valence-electron chi connectivity index (χ0n) is 12.2. The largest absolute Gasteiger partial charge is 0.462 e. The average Bonchev–Trinajstić information content (AvgIpc) is 2.44. The highest BCUT2D eigenvalue weighted by Gasteiger charge is 2.06. The lowest BCUT2D eigenvalue weighted by Gasteiger charge is -2.04. The Morgan fingerprint density at radius 2 is 1.50 bits per heavy atom. The smallest absolute Gasteiger partial charge is 0.333 e. The number of hydrogen-bond donors (Lipinski definition) is 0. The molecule has 0 aromatic heterocycles. The first kappa shape index (κ1) is 19.4. The third-order valence-electron chi connectivity index (χ3n) is 2.93. The molecule has 6 heteroatoms. The third-order valence-corrected chi connectivity index (χ3v) is 4.50. The zero-order valence-corrected chi connectivity index (χ0v) is 14.0. The first-order valence-corrected chi connectivity index (χ1v) is 8.85. The van der Waals surface area contributed by atoms with Crippen molar-refractivity contribution in [1.29, 1.82) is 0 Å². The molecule has 0 fully saturated rings. The summed E-state index contributed by atoms with van der Waals surface area (Å²) in [4.78, 5) is 11.1. The second kappa shape index (κ2) is 13.4. The van der Waals surface area contributed by atoms with Crippen molar-refractivity contribution < 1.29 is 18.7 Å². The van der Waals surface area contributed by atoms with Gasteiger partial charge in [0.05, 0.1) is 6.61 Å². The third kappa shape index (κ3) is 11.3. The molecular formula is C14H24O4P2. The molecule has 0 N–H and O–H groups in total. The Morgan fingerprint density at radius 3 is 2.00 bits per heavy atom. The van der Waals surface area contributed by atoms with Gasteiger partial charge in [-0.1, -0.05) is 45.1 Å². The van der Waals surface area contributed by atoms with Crippen LogP contribution >= 0.6 is 16.9 Å². The molecule has 4 nitrogen and oxygen atoms in total. The Balaban J connectivity index is 3.25. The number of hydrogen-bond acceptors (Lipinski definition) is 4. The predicted molar refractivity (Wildman–Crippen MR) is 81.7 cm³/mol. The number of unbranched alkanes of at least 4 members (excludes halogenated alkanes) is 6. The van der Waals surface area contributed by atoms with Crippen molar-refractivity contribution in [3.05, 3.63) is 12.2 Å². The predicted octanol–water partition coefficient (Wildman–Crippen LogP) is 5.14. The molecule has 0 heterocycles. The van der Waals surface area contributed by atoms with Gasteiger partial charge in [-0.2, -0.15) is 0 Å². The summed E-state index contributed by atoms with van der Waals surface area (Å²) in [7, 11) is -0.0367. The van der Waals surface area contributed by atoms with Crippen molar-refractivity contribution in [3.8, 4) is 0 Å². The summed E-state index contributed by atoms with van der Waals surface area (Å²) in [6, 6.07) is 0. The first-order chi connectivity index (χ1) is 9.61. The van der Waals surface area contributed by atoms with Gasteiger partial charge in [0, 0.05) is 5.57 Å². The second-order valence-corrected chi connectivity index (χ2v) is 6.95. The second-order valence-electron chi connectivity index (χ2n) is 4.87.